The first kappa shape index (κ1) is 25.8. The lowest BCUT2D eigenvalue weighted by molar-refractivity contribution is -0.200. The molecule has 4 fully saturated rings. The molecule has 0 radical (unpaired) electrons. The molecule has 9 atom stereocenters. The average molecular weight is 522 g/mol. The van der Waals surface area contributed by atoms with Gasteiger partial charge in [-0.1, -0.05) is 38.8 Å². The van der Waals surface area contributed by atoms with Crippen LogP contribution in [0, 0.1) is 28.6 Å². The molecule has 3 N–H and O–H groups in total. The predicted octanol–water partition coefficient (Wildman–Crippen LogP) is 4.39. The molecule has 0 amide bonds. The zero-order valence-corrected chi connectivity index (χ0v) is 22.5. The summed E-state index contributed by atoms with van der Waals surface area (Å²) in [4.78, 5) is 26.3. The number of ether oxygens (including phenoxy) is 3. The van der Waals surface area contributed by atoms with E-state index in [4.69, 9.17) is 19.9 Å². The Balaban J connectivity index is 1.34. The first-order valence-corrected chi connectivity index (χ1v) is 14.1. The number of nitrogen functional groups attached to an aromatic ring is 1. The number of nitrogens with two attached hydrogens (primary N) is 1. The van der Waals surface area contributed by atoms with Gasteiger partial charge in [-0.2, -0.15) is 0 Å². The van der Waals surface area contributed by atoms with Crippen LogP contribution in [0.1, 0.15) is 59.3 Å². The molecule has 1 unspecified atom stereocenters. The van der Waals surface area contributed by atoms with E-state index in [2.05, 4.69) is 20.8 Å². The fraction of sp³-hybridized carbons (Fsp3) is 0.613. The molecule has 1 aromatic rings. The van der Waals surface area contributed by atoms with Gasteiger partial charge in [0.25, 0.3) is 0 Å². The van der Waals surface area contributed by atoms with E-state index in [1.165, 1.54) is 0 Å². The summed E-state index contributed by atoms with van der Waals surface area (Å²) in [7, 11) is 0. The number of hydrogen-bond donors (Lipinski definition) is 2. The minimum atomic E-state index is -1.17. The molecule has 3 saturated carbocycles. The van der Waals surface area contributed by atoms with Gasteiger partial charge in [0.1, 0.15) is 12.4 Å². The van der Waals surface area contributed by atoms with Crippen LogP contribution in [-0.2, 0) is 19.1 Å². The van der Waals surface area contributed by atoms with Crippen molar-refractivity contribution in [3.8, 4) is 5.75 Å². The lowest BCUT2D eigenvalue weighted by atomic mass is 9.46. The summed E-state index contributed by atoms with van der Waals surface area (Å²) in [6, 6.07) is 7.01. The van der Waals surface area contributed by atoms with Gasteiger partial charge in [-0.25, -0.2) is 0 Å². The molecule has 38 heavy (non-hydrogen) atoms. The van der Waals surface area contributed by atoms with Gasteiger partial charge in [-0.05, 0) is 80.4 Å². The molecule has 4 aliphatic carbocycles. The Bertz CT molecular complexity index is 1190. The number of Topliss-reactive ketones (excluding diaryl/α,β-unsaturated/α-hetero) is 1. The fourth-order valence-electron chi connectivity index (χ4n) is 8.83. The molecule has 0 spiro atoms. The van der Waals surface area contributed by atoms with Crippen molar-refractivity contribution < 1.29 is 28.9 Å². The molecule has 6 rings (SSSR count). The summed E-state index contributed by atoms with van der Waals surface area (Å²) >= 11 is 0. The van der Waals surface area contributed by atoms with Crippen molar-refractivity contribution >= 4 is 17.3 Å². The number of rotatable bonds is 6. The number of aliphatic hydroxyl groups excluding tert-OH is 1. The highest BCUT2D eigenvalue weighted by molar-refractivity contribution is 6.01. The maximum absolute atomic E-state index is 14.2. The zero-order valence-electron chi connectivity index (χ0n) is 22.5. The SMILES string of the molecule is CCCC1O[C@@H]2C[C@H]3[C@@H]4CCC5=CC(=O)C=C[C@]5(C)[C@H]4[C@@H](O)C[C@]3(C)[C@]2(C(=O)COc2ccc(N)cc2)O1. The normalized spacial score (nSPS) is 43.1. The maximum atomic E-state index is 14.2. The van der Waals surface area contributed by atoms with E-state index in [-0.39, 0.29) is 47.4 Å². The lowest BCUT2D eigenvalue weighted by Crippen LogP contribution is -2.63. The van der Waals surface area contributed by atoms with Gasteiger partial charge in [0.15, 0.2) is 17.7 Å². The number of carbonyl (C=O) groups is 2. The van der Waals surface area contributed by atoms with Crippen molar-refractivity contribution in [1.82, 2.24) is 0 Å². The first-order chi connectivity index (χ1) is 18.1. The summed E-state index contributed by atoms with van der Waals surface area (Å²) in [5, 5.41) is 11.8. The predicted molar refractivity (Wildman–Crippen MR) is 142 cm³/mol. The fourth-order valence-corrected chi connectivity index (χ4v) is 8.83. The highest BCUT2D eigenvalue weighted by Crippen LogP contribution is 2.69. The molecule has 5 aliphatic rings. The van der Waals surface area contributed by atoms with Crippen molar-refractivity contribution in [2.24, 2.45) is 28.6 Å². The Morgan fingerprint density at radius 2 is 2.00 bits per heavy atom. The van der Waals surface area contributed by atoms with Crippen LogP contribution in [0.4, 0.5) is 5.69 Å². The Labute approximate surface area is 224 Å². The van der Waals surface area contributed by atoms with E-state index in [0.717, 1.165) is 31.3 Å². The van der Waals surface area contributed by atoms with E-state index in [9.17, 15) is 14.7 Å². The van der Waals surface area contributed by atoms with Crippen molar-refractivity contribution in [1.29, 1.82) is 0 Å². The maximum Gasteiger partial charge on any atom is 0.205 e. The Morgan fingerprint density at radius 1 is 1.24 bits per heavy atom. The summed E-state index contributed by atoms with van der Waals surface area (Å²) in [5.74, 6) is 0.789. The second-order valence-corrected chi connectivity index (χ2v) is 12.4. The Morgan fingerprint density at radius 3 is 2.74 bits per heavy atom. The van der Waals surface area contributed by atoms with Crippen LogP contribution < -0.4 is 10.5 Å². The third kappa shape index (κ3) is 3.58. The van der Waals surface area contributed by atoms with Crippen molar-refractivity contribution in [3.63, 3.8) is 0 Å². The van der Waals surface area contributed by atoms with E-state index in [1.807, 2.05) is 6.08 Å². The third-order valence-corrected chi connectivity index (χ3v) is 10.5. The monoisotopic (exact) mass is 521 g/mol. The number of anilines is 1. The smallest absolute Gasteiger partial charge is 0.205 e. The number of fused-ring (bicyclic) bond motifs is 7. The minimum absolute atomic E-state index is 0.0200. The van der Waals surface area contributed by atoms with Gasteiger partial charge in [-0.3, -0.25) is 9.59 Å². The van der Waals surface area contributed by atoms with Gasteiger partial charge in [0, 0.05) is 22.4 Å². The largest absolute Gasteiger partial charge is 0.486 e. The first-order valence-electron chi connectivity index (χ1n) is 14.1. The van der Waals surface area contributed by atoms with Crippen molar-refractivity contribution in [3.05, 3.63) is 48.1 Å². The summed E-state index contributed by atoms with van der Waals surface area (Å²) in [6.45, 7) is 6.23. The molecule has 7 nitrogen and oxygen atoms in total. The van der Waals surface area contributed by atoms with Crippen LogP contribution in [0.15, 0.2) is 48.1 Å². The van der Waals surface area contributed by atoms with Crippen molar-refractivity contribution in [2.75, 3.05) is 12.3 Å². The third-order valence-electron chi connectivity index (χ3n) is 10.5. The highest BCUT2D eigenvalue weighted by atomic mass is 16.7. The minimum Gasteiger partial charge on any atom is -0.486 e. The molecule has 1 saturated heterocycles. The number of allylic oxidation sites excluding steroid dienone is 4. The van der Waals surface area contributed by atoms with E-state index >= 15 is 0 Å². The van der Waals surface area contributed by atoms with Gasteiger partial charge in [0.05, 0.1) is 12.2 Å². The molecule has 204 valence electrons. The average Bonchev–Trinajstić information content (AvgIpc) is 3.36. The Kier molecular flexibility index (Phi) is 6.13. The highest BCUT2D eigenvalue weighted by Gasteiger charge is 2.75. The summed E-state index contributed by atoms with van der Waals surface area (Å²) in [6.07, 6.45) is 8.42. The molecule has 0 aromatic heterocycles. The number of hydrogen-bond acceptors (Lipinski definition) is 7. The van der Waals surface area contributed by atoms with Gasteiger partial charge in [-0.15, -0.1) is 0 Å². The van der Waals surface area contributed by atoms with E-state index in [0.29, 0.717) is 24.3 Å². The lowest BCUT2D eigenvalue weighted by Gasteiger charge is -2.59. The number of aliphatic hydroxyl groups is 1. The molecule has 0 bridgehead atoms. The topological polar surface area (TPSA) is 108 Å². The molecule has 1 aromatic carbocycles. The van der Waals surface area contributed by atoms with Gasteiger partial charge < -0.3 is 25.1 Å². The second kappa shape index (κ2) is 9.04. The van der Waals surface area contributed by atoms with Crippen LogP contribution >= 0.6 is 0 Å². The standard InChI is InChI=1S/C31H39NO6/c1-4-5-27-37-26-15-23-22-11-6-18-14-20(33)12-13-29(18,2)28(22)24(34)16-30(23,3)31(26,38-27)25(35)17-36-21-9-7-19(32)8-10-21/h7-10,12-14,22-24,26-28,34H,4-6,11,15-17,32H2,1-3H3/t22-,23-,24-,26+,27?,28+,29-,30-,31+/m0/s1. The van der Waals surface area contributed by atoms with E-state index in [1.54, 1.807) is 36.4 Å². The molecular formula is C31H39NO6. The van der Waals surface area contributed by atoms with Crippen molar-refractivity contribution in [2.45, 2.75) is 83.4 Å². The van der Waals surface area contributed by atoms with Crippen LogP contribution in [-0.4, -0.2) is 47.4 Å². The zero-order chi connectivity index (χ0) is 26.9. The number of carbonyl (C=O) groups excluding carboxylic acids is 2. The van der Waals surface area contributed by atoms with Crippen LogP contribution in [0.25, 0.3) is 0 Å². The quantitative estimate of drug-likeness (QED) is 0.535. The molecular weight excluding hydrogens is 482 g/mol. The van der Waals surface area contributed by atoms with E-state index < -0.39 is 23.4 Å². The molecule has 1 aliphatic heterocycles. The molecule has 1 heterocycles. The number of ketones is 2. The number of benzene rings is 1. The van der Waals surface area contributed by atoms with Crippen LogP contribution in [0.2, 0.25) is 0 Å². The molecule has 7 heteroatoms. The van der Waals surface area contributed by atoms with Crippen LogP contribution in [0.5, 0.6) is 5.75 Å². The summed E-state index contributed by atoms with van der Waals surface area (Å²) < 4.78 is 19.1. The Hall–Kier alpha value is -2.48. The van der Waals surface area contributed by atoms with Crippen LogP contribution in [0.3, 0.4) is 0 Å². The van der Waals surface area contributed by atoms with Gasteiger partial charge in [0.2, 0.25) is 5.78 Å². The van der Waals surface area contributed by atoms with Gasteiger partial charge >= 0.3 is 0 Å². The second-order valence-electron chi connectivity index (χ2n) is 12.4. The summed E-state index contributed by atoms with van der Waals surface area (Å²) in [5.41, 5.74) is 5.41.